The third kappa shape index (κ3) is 5.94. The average molecular weight is 311 g/mol. The molecule has 1 fully saturated rings. The zero-order valence-electron chi connectivity index (χ0n) is 12.5. The molecule has 1 aliphatic rings. The number of carbonyl (C=O) groups is 1. The van der Waals surface area contributed by atoms with E-state index >= 15 is 0 Å². The number of ether oxygens (including phenoxy) is 1. The minimum atomic E-state index is -0.112. The van der Waals surface area contributed by atoms with Gasteiger partial charge in [0.25, 0.3) is 5.91 Å². The maximum Gasteiger partial charge on any atom is 0.257 e. The molecule has 21 heavy (non-hydrogen) atoms. The highest BCUT2D eigenvalue weighted by atomic mass is 35.5. The summed E-state index contributed by atoms with van der Waals surface area (Å²) in [6.45, 7) is 3.60. The van der Waals surface area contributed by atoms with Gasteiger partial charge in [0.1, 0.15) is 5.75 Å². The molecule has 1 amide bonds. The fourth-order valence-electron chi connectivity index (χ4n) is 1.92. The molecule has 4 nitrogen and oxygen atoms in total. The van der Waals surface area contributed by atoms with Gasteiger partial charge in [0.05, 0.1) is 5.02 Å². The topological polar surface area (TPSA) is 50.4 Å². The molecule has 1 aliphatic carbocycles. The smallest absolute Gasteiger partial charge is 0.257 e. The Kier molecular flexibility index (Phi) is 6.33. The van der Waals surface area contributed by atoms with Crippen LogP contribution in [0.15, 0.2) is 18.2 Å². The Hall–Kier alpha value is -1.26. The van der Waals surface area contributed by atoms with E-state index < -0.39 is 0 Å². The van der Waals surface area contributed by atoms with E-state index in [1.54, 1.807) is 0 Å². The SMILES string of the molecule is CCCCNC(=O)COc1ccc(CNC2CC2)cc1Cl. The molecule has 5 heteroatoms. The normalized spacial score (nSPS) is 14.0. The fraction of sp³-hybridized carbons (Fsp3) is 0.562. The molecule has 0 aromatic heterocycles. The van der Waals surface area contributed by atoms with Crippen LogP contribution in [-0.2, 0) is 11.3 Å². The molecular weight excluding hydrogens is 288 g/mol. The van der Waals surface area contributed by atoms with Crippen molar-refractivity contribution in [1.29, 1.82) is 0 Å². The Balaban J connectivity index is 1.75. The molecule has 0 spiro atoms. The largest absolute Gasteiger partial charge is 0.482 e. The molecule has 0 saturated heterocycles. The van der Waals surface area contributed by atoms with Crippen molar-refractivity contribution in [2.75, 3.05) is 13.2 Å². The lowest BCUT2D eigenvalue weighted by Gasteiger charge is -2.10. The van der Waals surface area contributed by atoms with Crippen LogP contribution in [0.2, 0.25) is 5.02 Å². The van der Waals surface area contributed by atoms with Gasteiger partial charge in [-0.2, -0.15) is 0 Å². The number of amides is 1. The van der Waals surface area contributed by atoms with Crippen molar-refractivity contribution in [2.45, 2.75) is 45.2 Å². The van der Waals surface area contributed by atoms with Crippen LogP contribution in [0, 0.1) is 0 Å². The van der Waals surface area contributed by atoms with E-state index in [1.165, 1.54) is 12.8 Å². The zero-order valence-corrected chi connectivity index (χ0v) is 13.2. The Morgan fingerprint density at radius 2 is 2.24 bits per heavy atom. The zero-order chi connectivity index (χ0) is 15.1. The van der Waals surface area contributed by atoms with Gasteiger partial charge >= 0.3 is 0 Å². The van der Waals surface area contributed by atoms with Gasteiger partial charge in [0.2, 0.25) is 0 Å². The van der Waals surface area contributed by atoms with Crippen LogP contribution in [0.1, 0.15) is 38.2 Å². The summed E-state index contributed by atoms with van der Waals surface area (Å²) in [5.41, 5.74) is 1.13. The lowest BCUT2D eigenvalue weighted by Crippen LogP contribution is -2.29. The molecule has 116 valence electrons. The van der Waals surface area contributed by atoms with Crippen LogP contribution in [0.4, 0.5) is 0 Å². The third-order valence-electron chi connectivity index (χ3n) is 3.38. The molecule has 0 heterocycles. The maximum absolute atomic E-state index is 11.6. The van der Waals surface area contributed by atoms with Crippen LogP contribution in [-0.4, -0.2) is 25.1 Å². The lowest BCUT2D eigenvalue weighted by atomic mass is 10.2. The van der Waals surface area contributed by atoms with Crippen molar-refractivity contribution in [3.05, 3.63) is 28.8 Å². The fourth-order valence-corrected chi connectivity index (χ4v) is 2.18. The minimum absolute atomic E-state index is 0.00308. The van der Waals surface area contributed by atoms with Gasteiger partial charge in [-0.15, -0.1) is 0 Å². The first-order chi connectivity index (χ1) is 10.2. The molecule has 0 unspecified atom stereocenters. The van der Waals surface area contributed by atoms with E-state index in [9.17, 15) is 4.79 Å². The number of benzene rings is 1. The van der Waals surface area contributed by atoms with E-state index in [2.05, 4.69) is 17.6 Å². The van der Waals surface area contributed by atoms with Crippen LogP contribution in [0.25, 0.3) is 0 Å². The quantitative estimate of drug-likeness (QED) is 0.690. The molecule has 1 saturated carbocycles. The van der Waals surface area contributed by atoms with Crippen molar-refractivity contribution in [3.8, 4) is 5.75 Å². The predicted molar refractivity (Wildman–Crippen MR) is 84.7 cm³/mol. The Morgan fingerprint density at radius 1 is 1.43 bits per heavy atom. The molecule has 2 N–H and O–H groups in total. The molecule has 0 aliphatic heterocycles. The summed E-state index contributed by atoms with van der Waals surface area (Å²) < 4.78 is 5.46. The standard InChI is InChI=1S/C16H23ClN2O2/c1-2-3-8-18-16(20)11-21-15-7-4-12(9-14(15)17)10-19-13-5-6-13/h4,7,9,13,19H,2-3,5-6,8,10-11H2,1H3,(H,18,20). The van der Waals surface area contributed by atoms with Gasteiger partial charge in [0, 0.05) is 19.1 Å². The first-order valence-corrected chi connectivity index (χ1v) is 7.98. The summed E-state index contributed by atoms with van der Waals surface area (Å²) in [6.07, 6.45) is 4.57. The second kappa shape index (κ2) is 8.25. The first kappa shape index (κ1) is 16.1. The summed E-state index contributed by atoms with van der Waals surface area (Å²) >= 11 is 6.19. The third-order valence-corrected chi connectivity index (χ3v) is 3.68. The molecular formula is C16H23ClN2O2. The average Bonchev–Trinajstić information content (AvgIpc) is 3.28. The molecule has 0 atom stereocenters. The molecule has 0 bridgehead atoms. The van der Waals surface area contributed by atoms with Crippen LogP contribution < -0.4 is 15.4 Å². The van der Waals surface area contributed by atoms with E-state index in [4.69, 9.17) is 16.3 Å². The van der Waals surface area contributed by atoms with Crippen molar-refractivity contribution in [3.63, 3.8) is 0 Å². The Labute approximate surface area is 131 Å². The highest BCUT2D eigenvalue weighted by molar-refractivity contribution is 6.32. The monoisotopic (exact) mass is 310 g/mol. The van der Waals surface area contributed by atoms with Crippen LogP contribution in [0.3, 0.4) is 0 Å². The van der Waals surface area contributed by atoms with Crippen LogP contribution >= 0.6 is 11.6 Å². The van der Waals surface area contributed by atoms with Gasteiger partial charge in [0.15, 0.2) is 6.61 Å². The van der Waals surface area contributed by atoms with E-state index in [0.717, 1.165) is 24.9 Å². The predicted octanol–water partition coefficient (Wildman–Crippen LogP) is 2.89. The van der Waals surface area contributed by atoms with Gasteiger partial charge < -0.3 is 15.4 Å². The number of rotatable bonds is 9. The molecule has 1 aromatic rings. The Morgan fingerprint density at radius 3 is 2.90 bits per heavy atom. The van der Waals surface area contributed by atoms with E-state index in [-0.39, 0.29) is 12.5 Å². The highest BCUT2D eigenvalue weighted by Crippen LogP contribution is 2.26. The summed E-state index contributed by atoms with van der Waals surface area (Å²) in [7, 11) is 0. The summed E-state index contributed by atoms with van der Waals surface area (Å²) in [6, 6.07) is 6.37. The number of nitrogens with one attached hydrogen (secondary N) is 2. The summed E-state index contributed by atoms with van der Waals surface area (Å²) in [5, 5.41) is 6.79. The Bertz CT molecular complexity index is 475. The number of hydrogen-bond donors (Lipinski definition) is 2. The number of carbonyl (C=O) groups excluding carboxylic acids is 1. The maximum atomic E-state index is 11.6. The minimum Gasteiger partial charge on any atom is -0.482 e. The number of hydrogen-bond acceptors (Lipinski definition) is 3. The van der Waals surface area contributed by atoms with Crippen molar-refractivity contribution >= 4 is 17.5 Å². The highest BCUT2D eigenvalue weighted by Gasteiger charge is 2.20. The lowest BCUT2D eigenvalue weighted by molar-refractivity contribution is -0.123. The second-order valence-corrected chi connectivity index (χ2v) is 5.82. The van der Waals surface area contributed by atoms with Gasteiger partial charge in [-0.05, 0) is 37.0 Å². The van der Waals surface area contributed by atoms with Gasteiger partial charge in [-0.1, -0.05) is 31.0 Å². The molecule has 2 rings (SSSR count). The number of unbranched alkanes of at least 4 members (excludes halogenated alkanes) is 1. The van der Waals surface area contributed by atoms with E-state index in [0.29, 0.717) is 23.4 Å². The van der Waals surface area contributed by atoms with Gasteiger partial charge in [-0.25, -0.2) is 0 Å². The van der Waals surface area contributed by atoms with Crippen molar-refractivity contribution in [2.24, 2.45) is 0 Å². The molecule has 1 aromatic carbocycles. The van der Waals surface area contributed by atoms with Crippen molar-refractivity contribution < 1.29 is 9.53 Å². The molecule has 0 radical (unpaired) electrons. The van der Waals surface area contributed by atoms with E-state index in [1.807, 2.05) is 18.2 Å². The first-order valence-electron chi connectivity index (χ1n) is 7.60. The summed E-state index contributed by atoms with van der Waals surface area (Å²) in [5.74, 6) is 0.441. The van der Waals surface area contributed by atoms with Crippen LogP contribution in [0.5, 0.6) is 5.75 Å². The summed E-state index contributed by atoms with van der Waals surface area (Å²) in [4.78, 5) is 11.6. The second-order valence-electron chi connectivity index (χ2n) is 5.41. The van der Waals surface area contributed by atoms with Gasteiger partial charge in [-0.3, -0.25) is 4.79 Å². The number of halogens is 1. The van der Waals surface area contributed by atoms with Crippen molar-refractivity contribution in [1.82, 2.24) is 10.6 Å².